The maximum absolute atomic E-state index is 13.7. The highest BCUT2D eigenvalue weighted by Gasteiger charge is 2.19. The molecule has 3 aromatic rings. The zero-order valence-corrected chi connectivity index (χ0v) is 18.4. The summed E-state index contributed by atoms with van der Waals surface area (Å²) in [7, 11) is 3.26. The van der Waals surface area contributed by atoms with Crippen LogP contribution in [0.25, 0.3) is 27.9 Å². The fourth-order valence-corrected chi connectivity index (χ4v) is 3.47. The summed E-state index contributed by atoms with van der Waals surface area (Å²) < 4.78 is 36.9. The van der Waals surface area contributed by atoms with Gasteiger partial charge in [0.1, 0.15) is 16.8 Å². The van der Waals surface area contributed by atoms with Crippen molar-refractivity contribution in [2.75, 3.05) is 20.8 Å². The average Bonchev–Trinajstić information content (AvgIpc) is 2.84. The van der Waals surface area contributed by atoms with E-state index in [1.165, 1.54) is 24.1 Å². The standard InChI is InChI=1S/C24H21F2N5O3/c1-28-10-15-9-16(5-8-18(15)27)31-12-19-23(30-21(11-29-19)34-13-20(25)26)22(24(31)32)14-3-6-17(33-2)7-4-14/h3-12,20,27-28H,13H2,1-2H3/b15-10-,27-18?. The van der Waals surface area contributed by atoms with Crippen molar-refractivity contribution in [3.63, 3.8) is 0 Å². The number of allylic oxidation sites excluding steroid dienone is 5. The molecule has 8 nitrogen and oxygen atoms in total. The lowest BCUT2D eigenvalue weighted by Crippen LogP contribution is -2.22. The Bertz CT molecular complexity index is 1390. The Balaban J connectivity index is 1.94. The van der Waals surface area contributed by atoms with Crippen molar-refractivity contribution in [1.29, 1.82) is 5.41 Å². The highest BCUT2D eigenvalue weighted by molar-refractivity contribution is 6.12. The minimum Gasteiger partial charge on any atom is -0.497 e. The monoisotopic (exact) mass is 465 g/mol. The number of nitrogens with zero attached hydrogens (tertiary/aromatic N) is 3. The first-order valence-corrected chi connectivity index (χ1v) is 10.3. The van der Waals surface area contributed by atoms with Crippen LogP contribution in [0, 0.1) is 5.41 Å². The molecule has 2 heterocycles. The van der Waals surface area contributed by atoms with Crippen molar-refractivity contribution in [2.24, 2.45) is 0 Å². The quantitative estimate of drug-likeness (QED) is 0.552. The summed E-state index contributed by atoms with van der Waals surface area (Å²) in [5, 5.41) is 11.0. The minimum absolute atomic E-state index is 0.107. The predicted molar refractivity (Wildman–Crippen MR) is 126 cm³/mol. The number of benzene rings is 1. The van der Waals surface area contributed by atoms with E-state index in [0.717, 1.165) is 0 Å². The number of nitrogens with one attached hydrogen (secondary N) is 2. The molecule has 0 radical (unpaired) electrons. The van der Waals surface area contributed by atoms with E-state index in [-0.39, 0.29) is 17.0 Å². The van der Waals surface area contributed by atoms with Crippen LogP contribution in [0.2, 0.25) is 0 Å². The van der Waals surface area contributed by atoms with Crippen LogP contribution >= 0.6 is 0 Å². The van der Waals surface area contributed by atoms with E-state index >= 15 is 0 Å². The van der Waals surface area contributed by atoms with Crippen LogP contribution < -0.4 is 20.3 Å². The van der Waals surface area contributed by atoms with Crippen LogP contribution in [0.3, 0.4) is 0 Å². The van der Waals surface area contributed by atoms with E-state index in [1.807, 2.05) is 0 Å². The highest BCUT2D eigenvalue weighted by Crippen LogP contribution is 2.28. The average molecular weight is 465 g/mol. The molecular weight excluding hydrogens is 444 g/mol. The van der Waals surface area contributed by atoms with Crippen LogP contribution in [0.1, 0.15) is 0 Å². The topological polar surface area (TPSA) is 102 Å². The molecule has 0 spiro atoms. The summed E-state index contributed by atoms with van der Waals surface area (Å²) in [5.74, 6) is 0.499. The molecule has 0 bridgehead atoms. The smallest absolute Gasteiger partial charge is 0.272 e. The second-order valence-electron chi connectivity index (χ2n) is 7.26. The molecular formula is C24H21F2N5O3. The lowest BCUT2D eigenvalue weighted by Gasteiger charge is -2.16. The zero-order valence-electron chi connectivity index (χ0n) is 18.4. The van der Waals surface area contributed by atoms with Gasteiger partial charge < -0.3 is 20.2 Å². The maximum atomic E-state index is 13.7. The number of fused-ring (bicyclic) bond motifs is 1. The molecule has 0 amide bonds. The van der Waals surface area contributed by atoms with Gasteiger partial charge in [0.25, 0.3) is 12.0 Å². The maximum Gasteiger partial charge on any atom is 0.272 e. The molecule has 2 N–H and O–H groups in total. The molecule has 2 aromatic heterocycles. The van der Waals surface area contributed by atoms with Gasteiger partial charge in [0.05, 0.1) is 24.6 Å². The Morgan fingerprint density at radius 2 is 2.00 bits per heavy atom. The van der Waals surface area contributed by atoms with Crippen molar-refractivity contribution >= 4 is 22.4 Å². The summed E-state index contributed by atoms with van der Waals surface area (Å²) in [6.07, 6.45) is 6.71. The normalized spacial score (nSPS) is 14.6. The van der Waals surface area contributed by atoms with Crippen LogP contribution in [-0.2, 0) is 0 Å². The molecule has 34 heavy (non-hydrogen) atoms. The molecule has 0 fully saturated rings. The molecule has 174 valence electrons. The van der Waals surface area contributed by atoms with Crippen molar-refractivity contribution in [2.45, 2.75) is 6.43 Å². The Labute approximate surface area is 193 Å². The molecule has 0 aliphatic heterocycles. The van der Waals surface area contributed by atoms with Crippen molar-refractivity contribution in [3.8, 4) is 22.8 Å². The Hall–Kier alpha value is -4.34. The van der Waals surface area contributed by atoms with Gasteiger partial charge in [-0.25, -0.2) is 18.7 Å². The van der Waals surface area contributed by atoms with Gasteiger partial charge in [-0.15, -0.1) is 0 Å². The molecule has 10 heteroatoms. The van der Waals surface area contributed by atoms with Gasteiger partial charge in [-0.1, -0.05) is 12.1 Å². The highest BCUT2D eigenvalue weighted by atomic mass is 19.3. The van der Waals surface area contributed by atoms with Crippen LogP contribution in [-0.4, -0.2) is 47.4 Å². The first-order chi connectivity index (χ1) is 16.4. The fraction of sp³-hybridized carbons (Fsp3) is 0.167. The first-order valence-electron chi connectivity index (χ1n) is 10.3. The molecule has 0 atom stereocenters. The molecule has 0 saturated carbocycles. The molecule has 1 aliphatic carbocycles. The van der Waals surface area contributed by atoms with Gasteiger partial charge in [0.2, 0.25) is 5.88 Å². The van der Waals surface area contributed by atoms with Gasteiger partial charge in [0, 0.05) is 30.7 Å². The number of methoxy groups -OCH3 is 1. The first kappa shape index (κ1) is 22.8. The third-order valence-corrected chi connectivity index (χ3v) is 5.05. The fourth-order valence-electron chi connectivity index (χ4n) is 3.47. The van der Waals surface area contributed by atoms with E-state index < -0.39 is 18.6 Å². The Morgan fingerprint density at radius 3 is 2.68 bits per heavy atom. The van der Waals surface area contributed by atoms with Crippen LogP contribution in [0.15, 0.2) is 71.5 Å². The Kier molecular flexibility index (Phi) is 6.48. The second kappa shape index (κ2) is 9.65. The summed E-state index contributed by atoms with van der Waals surface area (Å²) in [4.78, 5) is 22.3. The Morgan fingerprint density at radius 1 is 1.24 bits per heavy atom. The van der Waals surface area contributed by atoms with Crippen molar-refractivity contribution in [1.82, 2.24) is 19.9 Å². The van der Waals surface area contributed by atoms with E-state index in [0.29, 0.717) is 33.8 Å². The number of alkyl halides is 2. The van der Waals surface area contributed by atoms with Gasteiger partial charge in [-0.05, 0) is 35.9 Å². The van der Waals surface area contributed by atoms with Crippen LogP contribution in [0.5, 0.6) is 11.6 Å². The van der Waals surface area contributed by atoms with Crippen molar-refractivity contribution < 1.29 is 18.3 Å². The largest absolute Gasteiger partial charge is 0.497 e. The predicted octanol–water partition coefficient (Wildman–Crippen LogP) is 3.64. The molecule has 0 unspecified atom stereocenters. The number of aromatic nitrogens is 3. The lowest BCUT2D eigenvalue weighted by atomic mass is 10.0. The number of rotatable bonds is 7. The van der Waals surface area contributed by atoms with E-state index in [2.05, 4.69) is 15.3 Å². The van der Waals surface area contributed by atoms with Crippen LogP contribution in [0.4, 0.5) is 8.78 Å². The summed E-state index contributed by atoms with van der Waals surface area (Å²) in [6.45, 7) is -0.834. The summed E-state index contributed by atoms with van der Waals surface area (Å²) in [6, 6.07) is 6.83. The number of pyridine rings is 1. The number of halogens is 2. The summed E-state index contributed by atoms with van der Waals surface area (Å²) >= 11 is 0. The molecule has 0 saturated heterocycles. The van der Waals surface area contributed by atoms with Gasteiger partial charge in [0.15, 0.2) is 6.61 Å². The lowest BCUT2D eigenvalue weighted by molar-refractivity contribution is 0.0796. The minimum atomic E-state index is -2.67. The third-order valence-electron chi connectivity index (χ3n) is 5.05. The number of hydrogen-bond donors (Lipinski definition) is 2. The third kappa shape index (κ3) is 4.56. The molecule has 4 rings (SSSR count). The van der Waals surface area contributed by atoms with Gasteiger partial charge in [-0.3, -0.25) is 9.36 Å². The second-order valence-corrected chi connectivity index (χ2v) is 7.26. The number of hydrogen-bond acceptors (Lipinski definition) is 7. The summed E-state index contributed by atoms with van der Waals surface area (Å²) in [5.41, 5.74) is 2.38. The van der Waals surface area contributed by atoms with Crippen molar-refractivity contribution in [3.05, 3.63) is 77.0 Å². The molecule has 1 aliphatic rings. The van der Waals surface area contributed by atoms with Gasteiger partial charge in [-0.2, -0.15) is 0 Å². The van der Waals surface area contributed by atoms with E-state index in [4.69, 9.17) is 14.9 Å². The zero-order chi connectivity index (χ0) is 24.2. The number of ether oxygens (including phenoxy) is 2. The van der Waals surface area contributed by atoms with E-state index in [9.17, 15) is 13.6 Å². The van der Waals surface area contributed by atoms with E-state index in [1.54, 1.807) is 55.7 Å². The van der Waals surface area contributed by atoms with Gasteiger partial charge >= 0.3 is 0 Å². The molecule has 1 aromatic carbocycles. The SMILES string of the molecule is CN/C=C1/C=C(n2cc3ncc(OCC(F)F)nc3c(-c3ccc(OC)cc3)c2=O)C=CC1=N.